The van der Waals surface area contributed by atoms with Crippen molar-refractivity contribution in [1.29, 1.82) is 0 Å². The second-order valence-electron chi connectivity index (χ2n) is 4.68. The molecule has 0 amide bonds. The van der Waals surface area contributed by atoms with Gasteiger partial charge in [0.2, 0.25) is 0 Å². The third-order valence-corrected chi connectivity index (χ3v) is 3.25. The molecule has 21 heavy (non-hydrogen) atoms. The van der Waals surface area contributed by atoms with Crippen LogP contribution >= 0.6 is 0 Å². The third kappa shape index (κ3) is 3.49. The van der Waals surface area contributed by atoms with Crippen LogP contribution in [-0.4, -0.2) is 15.0 Å². The number of pyridine rings is 1. The van der Waals surface area contributed by atoms with Gasteiger partial charge in [-0.1, -0.05) is 36.4 Å². The molecule has 0 saturated heterocycles. The van der Waals surface area contributed by atoms with Gasteiger partial charge in [-0.3, -0.25) is 10.3 Å². The molecule has 1 unspecified atom stereocenters. The maximum absolute atomic E-state index is 4.47. The van der Waals surface area contributed by atoms with Crippen LogP contribution in [0.25, 0.3) is 0 Å². The van der Waals surface area contributed by atoms with E-state index in [1.54, 1.807) is 12.5 Å². The van der Waals surface area contributed by atoms with Crippen LogP contribution < -0.4 is 5.32 Å². The summed E-state index contributed by atoms with van der Waals surface area (Å²) in [5, 5.41) is 3.52. The highest BCUT2D eigenvalue weighted by Crippen LogP contribution is 2.20. The topological polar surface area (TPSA) is 50.7 Å². The number of nitrogens with one attached hydrogen (secondary N) is 1. The summed E-state index contributed by atoms with van der Waals surface area (Å²) in [4.78, 5) is 12.7. The molecular weight excluding hydrogens is 260 g/mol. The normalized spacial score (nSPS) is 12.0. The van der Waals surface area contributed by atoms with Gasteiger partial charge in [0.1, 0.15) is 6.33 Å². The van der Waals surface area contributed by atoms with Gasteiger partial charge >= 0.3 is 0 Å². The summed E-state index contributed by atoms with van der Waals surface area (Å²) in [5.74, 6) is 0. The lowest BCUT2D eigenvalue weighted by atomic mass is 10.0. The highest BCUT2D eigenvalue weighted by Gasteiger charge is 2.14. The summed E-state index contributed by atoms with van der Waals surface area (Å²) >= 11 is 0. The summed E-state index contributed by atoms with van der Waals surface area (Å²) in [6, 6.07) is 18.2. The predicted molar refractivity (Wildman–Crippen MR) is 81.4 cm³/mol. The molecule has 1 aromatic carbocycles. The number of hydrogen-bond acceptors (Lipinski definition) is 4. The van der Waals surface area contributed by atoms with E-state index in [1.165, 1.54) is 5.56 Å². The highest BCUT2D eigenvalue weighted by atomic mass is 15.0. The molecule has 2 heterocycles. The molecule has 4 nitrogen and oxygen atoms in total. The maximum atomic E-state index is 4.47. The van der Waals surface area contributed by atoms with Gasteiger partial charge in [-0.05, 0) is 23.8 Å². The molecule has 1 N–H and O–H groups in total. The van der Waals surface area contributed by atoms with E-state index in [4.69, 9.17) is 0 Å². The van der Waals surface area contributed by atoms with Crippen LogP contribution in [0.2, 0.25) is 0 Å². The third-order valence-electron chi connectivity index (χ3n) is 3.25. The molecule has 2 aromatic heterocycles. The van der Waals surface area contributed by atoms with Crippen molar-refractivity contribution in [2.24, 2.45) is 0 Å². The van der Waals surface area contributed by atoms with E-state index >= 15 is 0 Å². The fraction of sp³-hybridized carbons (Fsp3) is 0.118. The van der Waals surface area contributed by atoms with E-state index in [-0.39, 0.29) is 6.04 Å². The molecule has 0 fully saturated rings. The first-order valence-electron chi connectivity index (χ1n) is 6.87. The largest absolute Gasteiger partial charge is 0.299 e. The molecule has 1 atom stereocenters. The first-order chi connectivity index (χ1) is 10.4. The summed E-state index contributed by atoms with van der Waals surface area (Å²) in [7, 11) is 0. The van der Waals surface area contributed by atoms with E-state index in [0.29, 0.717) is 6.54 Å². The van der Waals surface area contributed by atoms with Gasteiger partial charge in [0.05, 0.1) is 17.4 Å². The van der Waals surface area contributed by atoms with Crippen molar-refractivity contribution in [2.75, 3.05) is 0 Å². The zero-order valence-corrected chi connectivity index (χ0v) is 11.6. The Kier molecular flexibility index (Phi) is 4.29. The van der Waals surface area contributed by atoms with Gasteiger partial charge in [-0.15, -0.1) is 0 Å². The molecule has 0 bridgehead atoms. The van der Waals surface area contributed by atoms with Crippen LogP contribution in [0.3, 0.4) is 0 Å². The molecule has 104 valence electrons. The lowest BCUT2D eigenvalue weighted by Crippen LogP contribution is -2.23. The van der Waals surface area contributed by atoms with E-state index < -0.39 is 0 Å². The number of nitrogens with zero attached hydrogens (tertiary/aromatic N) is 3. The van der Waals surface area contributed by atoms with Gasteiger partial charge in [-0.2, -0.15) is 0 Å². The minimum Gasteiger partial charge on any atom is -0.299 e. The molecule has 3 rings (SSSR count). The zero-order valence-electron chi connectivity index (χ0n) is 11.6. The number of benzene rings is 1. The molecule has 0 aliphatic heterocycles. The fourth-order valence-electron chi connectivity index (χ4n) is 2.21. The van der Waals surface area contributed by atoms with E-state index in [0.717, 1.165) is 11.4 Å². The molecule has 0 spiro atoms. The fourth-order valence-corrected chi connectivity index (χ4v) is 2.21. The molecular formula is C17H16N4. The van der Waals surface area contributed by atoms with Crippen molar-refractivity contribution in [3.63, 3.8) is 0 Å². The molecule has 4 heteroatoms. The quantitative estimate of drug-likeness (QED) is 0.778. The zero-order chi connectivity index (χ0) is 14.3. The lowest BCUT2D eigenvalue weighted by molar-refractivity contribution is 0.583. The van der Waals surface area contributed by atoms with Crippen LogP contribution in [-0.2, 0) is 6.54 Å². The summed E-state index contributed by atoms with van der Waals surface area (Å²) in [5.41, 5.74) is 3.14. The summed E-state index contributed by atoms with van der Waals surface area (Å²) < 4.78 is 0. The van der Waals surface area contributed by atoms with Crippen LogP contribution in [0.15, 0.2) is 73.3 Å². The molecule has 0 radical (unpaired) electrons. The number of rotatable bonds is 5. The Labute approximate surface area is 123 Å². The Hall–Kier alpha value is -2.59. The van der Waals surface area contributed by atoms with Crippen molar-refractivity contribution < 1.29 is 0 Å². The minimum atomic E-state index is 0.0439. The standard InChI is InChI=1S/C17H16N4/c1-2-6-14(7-3-1)17(16-8-4-5-10-19-16)20-12-15-9-11-18-13-21-15/h1-11,13,17,20H,12H2. The van der Waals surface area contributed by atoms with Gasteiger partial charge in [-0.25, -0.2) is 9.97 Å². The van der Waals surface area contributed by atoms with Crippen molar-refractivity contribution in [3.8, 4) is 0 Å². The molecule has 0 aliphatic rings. The van der Waals surface area contributed by atoms with Crippen molar-refractivity contribution in [1.82, 2.24) is 20.3 Å². The SMILES string of the molecule is c1ccc(C(NCc2ccncn2)c2ccccn2)cc1. The predicted octanol–water partition coefficient (Wildman–Crippen LogP) is 2.75. The van der Waals surface area contributed by atoms with Crippen molar-refractivity contribution in [2.45, 2.75) is 12.6 Å². The van der Waals surface area contributed by atoms with Crippen LogP contribution in [0, 0.1) is 0 Å². The second kappa shape index (κ2) is 6.72. The Morgan fingerprint density at radius 1 is 0.857 bits per heavy atom. The van der Waals surface area contributed by atoms with Crippen molar-refractivity contribution in [3.05, 3.63) is 90.3 Å². The van der Waals surface area contributed by atoms with Crippen LogP contribution in [0.4, 0.5) is 0 Å². The first-order valence-corrected chi connectivity index (χ1v) is 6.87. The van der Waals surface area contributed by atoms with E-state index in [9.17, 15) is 0 Å². The highest BCUT2D eigenvalue weighted by molar-refractivity contribution is 5.27. The first kappa shape index (κ1) is 13.4. The molecule has 0 aliphatic carbocycles. The Balaban J connectivity index is 1.83. The maximum Gasteiger partial charge on any atom is 0.115 e. The summed E-state index contributed by atoms with van der Waals surface area (Å²) in [6.07, 6.45) is 5.13. The molecule has 3 aromatic rings. The van der Waals surface area contributed by atoms with Crippen LogP contribution in [0.1, 0.15) is 23.0 Å². The monoisotopic (exact) mass is 276 g/mol. The average molecular weight is 276 g/mol. The minimum absolute atomic E-state index is 0.0439. The second-order valence-corrected chi connectivity index (χ2v) is 4.68. The smallest absolute Gasteiger partial charge is 0.115 e. The molecule has 0 saturated carbocycles. The summed E-state index contributed by atoms with van der Waals surface area (Å²) in [6.45, 7) is 0.665. The van der Waals surface area contributed by atoms with Gasteiger partial charge in [0.25, 0.3) is 0 Å². The van der Waals surface area contributed by atoms with Crippen LogP contribution in [0.5, 0.6) is 0 Å². The van der Waals surface area contributed by atoms with Gasteiger partial charge < -0.3 is 0 Å². The Morgan fingerprint density at radius 2 is 1.71 bits per heavy atom. The lowest BCUT2D eigenvalue weighted by Gasteiger charge is -2.18. The Bertz CT molecular complexity index is 617. The average Bonchev–Trinajstić information content (AvgIpc) is 2.58. The number of hydrogen-bond donors (Lipinski definition) is 1. The van der Waals surface area contributed by atoms with Gasteiger partial charge in [0, 0.05) is 18.9 Å². The van der Waals surface area contributed by atoms with Gasteiger partial charge in [0.15, 0.2) is 0 Å². The van der Waals surface area contributed by atoms with E-state index in [1.807, 2.05) is 48.7 Å². The Morgan fingerprint density at radius 3 is 2.43 bits per heavy atom. The van der Waals surface area contributed by atoms with Crippen molar-refractivity contribution >= 4 is 0 Å². The van der Waals surface area contributed by atoms with E-state index in [2.05, 4.69) is 32.4 Å². The number of aromatic nitrogens is 3.